The smallest absolute Gasteiger partial charge is 0.0613 e. The summed E-state index contributed by atoms with van der Waals surface area (Å²) in [7, 11) is 1.72. The maximum Gasteiger partial charge on any atom is 0.0613 e. The van der Waals surface area contributed by atoms with Crippen LogP contribution in [-0.4, -0.2) is 37.5 Å². The van der Waals surface area contributed by atoms with Gasteiger partial charge in [-0.1, -0.05) is 13.3 Å². The first-order valence-corrected chi connectivity index (χ1v) is 5.48. The number of aliphatic hydroxyl groups excluding tert-OH is 1. The Bertz CT molecular complexity index is 175. The van der Waals surface area contributed by atoms with E-state index in [4.69, 9.17) is 4.74 Å². The molecule has 1 aliphatic carbocycles. The molecule has 0 heterocycles. The molecule has 1 saturated carbocycles. The topological polar surface area (TPSA) is 41.5 Å². The first kappa shape index (κ1) is 12.0. The average molecular weight is 201 g/mol. The van der Waals surface area contributed by atoms with Crippen molar-refractivity contribution >= 4 is 0 Å². The third-order valence-corrected chi connectivity index (χ3v) is 3.35. The van der Waals surface area contributed by atoms with Crippen LogP contribution in [0.3, 0.4) is 0 Å². The number of aliphatic hydroxyl groups is 1. The van der Waals surface area contributed by atoms with E-state index in [2.05, 4.69) is 19.2 Å². The average Bonchev–Trinajstić information content (AvgIpc) is 2.49. The van der Waals surface area contributed by atoms with Gasteiger partial charge in [0.1, 0.15) is 0 Å². The molecule has 0 saturated heterocycles. The largest absolute Gasteiger partial charge is 0.396 e. The minimum Gasteiger partial charge on any atom is -0.396 e. The van der Waals surface area contributed by atoms with Crippen molar-refractivity contribution in [2.24, 2.45) is 5.41 Å². The second kappa shape index (κ2) is 5.10. The number of hydrogen-bond donors (Lipinski definition) is 2. The normalized spacial score (nSPS) is 34.7. The van der Waals surface area contributed by atoms with Gasteiger partial charge in [-0.15, -0.1) is 0 Å². The van der Waals surface area contributed by atoms with Crippen molar-refractivity contribution in [3.63, 3.8) is 0 Å². The lowest BCUT2D eigenvalue weighted by molar-refractivity contribution is 0.101. The van der Waals surface area contributed by atoms with Crippen LogP contribution in [0.15, 0.2) is 0 Å². The van der Waals surface area contributed by atoms with Crippen molar-refractivity contribution in [2.45, 2.75) is 45.2 Å². The zero-order valence-electron chi connectivity index (χ0n) is 9.55. The monoisotopic (exact) mass is 201 g/mol. The summed E-state index contributed by atoms with van der Waals surface area (Å²) in [6.45, 7) is 5.30. The molecule has 0 aromatic carbocycles. The Balaban J connectivity index is 2.43. The summed E-state index contributed by atoms with van der Waals surface area (Å²) < 4.78 is 5.09. The van der Waals surface area contributed by atoms with Crippen LogP contribution in [-0.2, 0) is 4.74 Å². The fourth-order valence-electron chi connectivity index (χ4n) is 2.35. The molecule has 1 rings (SSSR count). The molecule has 14 heavy (non-hydrogen) atoms. The van der Waals surface area contributed by atoms with Gasteiger partial charge in [-0.05, 0) is 19.8 Å². The van der Waals surface area contributed by atoms with E-state index in [0.29, 0.717) is 12.1 Å². The van der Waals surface area contributed by atoms with Gasteiger partial charge in [0.15, 0.2) is 0 Å². The Morgan fingerprint density at radius 2 is 2.36 bits per heavy atom. The first-order valence-electron chi connectivity index (χ1n) is 5.48. The van der Waals surface area contributed by atoms with Gasteiger partial charge in [-0.25, -0.2) is 0 Å². The van der Waals surface area contributed by atoms with Crippen LogP contribution in [0, 0.1) is 5.41 Å². The summed E-state index contributed by atoms with van der Waals surface area (Å²) in [5.74, 6) is 0. The molecule has 1 fully saturated rings. The standard InChI is InChI=1S/C11H23NO2/c1-9(7-14-3)12-10-5-4-6-11(10,2)8-13/h9-10,12-13H,4-8H2,1-3H3. The molecule has 3 unspecified atom stereocenters. The lowest BCUT2D eigenvalue weighted by Gasteiger charge is -2.32. The molecule has 3 nitrogen and oxygen atoms in total. The summed E-state index contributed by atoms with van der Waals surface area (Å²) in [4.78, 5) is 0. The highest BCUT2D eigenvalue weighted by atomic mass is 16.5. The molecule has 0 amide bonds. The lowest BCUT2D eigenvalue weighted by atomic mass is 9.85. The van der Waals surface area contributed by atoms with Gasteiger partial charge >= 0.3 is 0 Å². The highest BCUT2D eigenvalue weighted by Gasteiger charge is 2.38. The number of nitrogens with one attached hydrogen (secondary N) is 1. The van der Waals surface area contributed by atoms with Crippen molar-refractivity contribution in [3.8, 4) is 0 Å². The SMILES string of the molecule is COCC(C)NC1CCCC1(C)CO. The van der Waals surface area contributed by atoms with Crippen LogP contribution in [0.1, 0.15) is 33.1 Å². The maximum absolute atomic E-state index is 9.37. The Kier molecular flexibility index (Phi) is 4.35. The molecule has 1 aliphatic rings. The van der Waals surface area contributed by atoms with E-state index in [-0.39, 0.29) is 12.0 Å². The Hall–Kier alpha value is -0.120. The van der Waals surface area contributed by atoms with Gasteiger partial charge in [-0.2, -0.15) is 0 Å². The van der Waals surface area contributed by atoms with Crippen molar-refractivity contribution in [3.05, 3.63) is 0 Å². The van der Waals surface area contributed by atoms with Crippen LogP contribution in [0.4, 0.5) is 0 Å². The maximum atomic E-state index is 9.37. The van der Waals surface area contributed by atoms with E-state index in [1.54, 1.807) is 7.11 Å². The summed E-state index contributed by atoms with van der Waals surface area (Å²) >= 11 is 0. The molecule has 3 heteroatoms. The van der Waals surface area contributed by atoms with E-state index >= 15 is 0 Å². The van der Waals surface area contributed by atoms with Gasteiger partial charge < -0.3 is 15.2 Å². The number of rotatable bonds is 5. The molecule has 0 spiro atoms. The highest BCUT2D eigenvalue weighted by molar-refractivity contribution is 4.93. The van der Waals surface area contributed by atoms with Gasteiger partial charge in [0, 0.05) is 31.2 Å². The summed E-state index contributed by atoms with van der Waals surface area (Å²) in [6, 6.07) is 0.812. The molecule has 2 N–H and O–H groups in total. The number of methoxy groups -OCH3 is 1. The van der Waals surface area contributed by atoms with Crippen LogP contribution in [0.5, 0.6) is 0 Å². The predicted molar refractivity (Wildman–Crippen MR) is 57.3 cm³/mol. The van der Waals surface area contributed by atoms with Gasteiger partial charge in [0.05, 0.1) is 6.61 Å². The quantitative estimate of drug-likeness (QED) is 0.701. The fraction of sp³-hybridized carbons (Fsp3) is 1.00. The van der Waals surface area contributed by atoms with Crippen molar-refractivity contribution in [2.75, 3.05) is 20.3 Å². The summed E-state index contributed by atoms with van der Waals surface area (Å²) in [5, 5.41) is 12.9. The molecule has 0 bridgehead atoms. The third kappa shape index (κ3) is 2.69. The minimum absolute atomic E-state index is 0.0714. The van der Waals surface area contributed by atoms with E-state index in [9.17, 15) is 5.11 Å². The lowest BCUT2D eigenvalue weighted by Crippen LogP contribution is -2.47. The zero-order chi connectivity index (χ0) is 10.6. The van der Waals surface area contributed by atoms with Crippen molar-refractivity contribution in [1.82, 2.24) is 5.32 Å². The highest BCUT2D eigenvalue weighted by Crippen LogP contribution is 2.37. The molecular weight excluding hydrogens is 178 g/mol. The van der Waals surface area contributed by atoms with Crippen LogP contribution in [0.25, 0.3) is 0 Å². The molecule has 3 atom stereocenters. The first-order chi connectivity index (χ1) is 6.62. The summed E-state index contributed by atoms with van der Waals surface area (Å²) in [6.07, 6.45) is 3.51. The Morgan fingerprint density at radius 1 is 1.64 bits per heavy atom. The minimum atomic E-state index is 0.0714. The van der Waals surface area contributed by atoms with Crippen molar-refractivity contribution < 1.29 is 9.84 Å². The van der Waals surface area contributed by atoms with Crippen LogP contribution in [0.2, 0.25) is 0 Å². The van der Waals surface area contributed by atoms with E-state index in [0.717, 1.165) is 13.0 Å². The van der Waals surface area contributed by atoms with Gasteiger partial charge in [-0.3, -0.25) is 0 Å². The van der Waals surface area contributed by atoms with Crippen LogP contribution < -0.4 is 5.32 Å². The molecule has 0 aliphatic heterocycles. The third-order valence-electron chi connectivity index (χ3n) is 3.35. The number of hydrogen-bond acceptors (Lipinski definition) is 3. The molecule has 0 radical (unpaired) electrons. The predicted octanol–water partition coefficient (Wildman–Crippen LogP) is 1.16. The Labute approximate surface area is 86.8 Å². The van der Waals surface area contributed by atoms with E-state index in [1.807, 2.05) is 0 Å². The van der Waals surface area contributed by atoms with Gasteiger partial charge in [0.2, 0.25) is 0 Å². The Morgan fingerprint density at radius 3 is 2.93 bits per heavy atom. The zero-order valence-corrected chi connectivity index (χ0v) is 9.55. The fourth-order valence-corrected chi connectivity index (χ4v) is 2.35. The van der Waals surface area contributed by atoms with Crippen LogP contribution >= 0.6 is 0 Å². The molecule has 0 aromatic heterocycles. The molecule has 84 valence electrons. The van der Waals surface area contributed by atoms with E-state index in [1.165, 1.54) is 12.8 Å². The molecular formula is C11H23NO2. The van der Waals surface area contributed by atoms with E-state index < -0.39 is 0 Å². The second-order valence-electron chi connectivity index (χ2n) is 4.78. The molecule has 0 aromatic rings. The second-order valence-corrected chi connectivity index (χ2v) is 4.78. The summed E-state index contributed by atoms with van der Waals surface area (Å²) in [5.41, 5.74) is 0.0714. The number of ether oxygens (including phenoxy) is 1. The van der Waals surface area contributed by atoms with Gasteiger partial charge in [0.25, 0.3) is 0 Å². The van der Waals surface area contributed by atoms with Crippen molar-refractivity contribution in [1.29, 1.82) is 0 Å².